The van der Waals surface area contributed by atoms with Crippen molar-refractivity contribution in [2.45, 2.75) is 66.8 Å². The SMILES string of the molecule is CC.CC(C)c1cc(F)cc(-c2ccc(CN3CCC(C(C)C)CC3)cc2)c1. The summed E-state index contributed by atoms with van der Waals surface area (Å²) in [6, 6.07) is 14.1. The smallest absolute Gasteiger partial charge is 0.124 e. The Morgan fingerprint density at radius 2 is 1.50 bits per heavy atom. The maximum atomic E-state index is 13.9. The van der Waals surface area contributed by atoms with Crippen LogP contribution in [0.2, 0.25) is 0 Å². The summed E-state index contributed by atoms with van der Waals surface area (Å²) in [7, 11) is 0. The van der Waals surface area contributed by atoms with E-state index in [-0.39, 0.29) is 5.82 Å². The first-order valence-electron chi connectivity index (χ1n) is 11.0. The Morgan fingerprint density at radius 3 is 2.04 bits per heavy atom. The molecular weight excluding hydrogens is 345 g/mol. The van der Waals surface area contributed by atoms with Gasteiger partial charge in [-0.3, -0.25) is 4.90 Å². The third kappa shape index (κ3) is 6.17. The summed E-state index contributed by atoms with van der Waals surface area (Å²) in [5.41, 5.74) is 4.46. The van der Waals surface area contributed by atoms with Gasteiger partial charge >= 0.3 is 0 Å². The van der Waals surface area contributed by atoms with Gasteiger partial charge in [0.2, 0.25) is 0 Å². The Hall–Kier alpha value is -1.67. The summed E-state index contributed by atoms with van der Waals surface area (Å²) >= 11 is 0. The van der Waals surface area contributed by atoms with Crippen LogP contribution < -0.4 is 0 Å². The molecule has 0 amide bonds. The van der Waals surface area contributed by atoms with E-state index in [1.807, 2.05) is 13.8 Å². The molecule has 1 aliphatic rings. The number of hydrogen-bond donors (Lipinski definition) is 0. The highest BCUT2D eigenvalue weighted by Crippen LogP contribution is 2.28. The van der Waals surface area contributed by atoms with E-state index in [9.17, 15) is 4.39 Å². The summed E-state index contributed by atoms with van der Waals surface area (Å²) in [5, 5.41) is 0. The van der Waals surface area contributed by atoms with E-state index in [0.29, 0.717) is 5.92 Å². The van der Waals surface area contributed by atoms with Gasteiger partial charge in [-0.05, 0) is 78.1 Å². The highest BCUT2D eigenvalue weighted by atomic mass is 19.1. The Morgan fingerprint density at radius 1 is 0.893 bits per heavy atom. The average molecular weight is 384 g/mol. The molecule has 1 saturated heterocycles. The van der Waals surface area contributed by atoms with Gasteiger partial charge in [-0.2, -0.15) is 0 Å². The molecule has 0 bridgehead atoms. The van der Waals surface area contributed by atoms with E-state index < -0.39 is 0 Å². The van der Waals surface area contributed by atoms with Crippen LogP contribution in [-0.4, -0.2) is 18.0 Å². The molecule has 3 rings (SSSR count). The second-order valence-corrected chi connectivity index (χ2v) is 8.48. The van der Waals surface area contributed by atoms with Crippen LogP contribution in [-0.2, 0) is 6.54 Å². The van der Waals surface area contributed by atoms with E-state index in [0.717, 1.165) is 35.1 Å². The van der Waals surface area contributed by atoms with E-state index in [1.54, 1.807) is 12.1 Å². The molecule has 28 heavy (non-hydrogen) atoms. The normalized spacial score (nSPS) is 15.6. The first-order valence-corrected chi connectivity index (χ1v) is 11.0. The topological polar surface area (TPSA) is 3.24 Å². The molecule has 2 aromatic carbocycles. The van der Waals surface area contributed by atoms with Crippen molar-refractivity contribution in [1.82, 2.24) is 4.90 Å². The maximum Gasteiger partial charge on any atom is 0.124 e. The number of hydrogen-bond acceptors (Lipinski definition) is 1. The number of rotatable bonds is 5. The van der Waals surface area contributed by atoms with Crippen molar-refractivity contribution >= 4 is 0 Å². The highest BCUT2D eigenvalue weighted by Gasteiger charge is 2.21. The third-order valence-corrected chi connectivity index (χ3v) is 5.86. The number of benzene rings is 2. The maximum absolute atomic E-state index is 13.9. The molecule has 0 aromatic heterocycles. The fourth-order valence-electron chi connectivity index (χ4n) is 3.95. The molecule has 0 saturated carbocycles. The fraction of sp³-hybridized carbons (Fsp3) is 0.538. The summed E-state index contributed by atoms with van der Waals surface area (Å²) < 4.78 is 13.9. The number of likely N-dealkylation sites (tertiary alicyclic amines) is 1. The summed E-state index contributed by atoms with van der Waals surface area (Å²) in [5.74, 6) is 1.87. The summed E-state index contributed by atoms with van der Waals surface area (Å²) in [4.78, 5) is 2.56. The second kappa shape index (κ2) is 10.8. The van der Waals surface area contributed by atoms with E-state index in [2.05, 4.69) is 62.9 Å². The van der Waals surface area contributed by atoms with Gasteiger partial charge < -0.3 is 0 Å². The van der Waals surface area contributed by atoms with E-state index in [4.69, 9.17) is 0 Å². The monoisotopic (exact) mass is 383 g/mol. The predicted octanol–water partition coefficient (Wildman–Crippen LogP) is 7.51. The van der Waals surface area contributed by atoms with Crippen molar-refractivity contribution in [3.63, 3.8) is 0 Å². The number of nitrogens with zero attached hydrogens (tertiary/aromatic N) is 1. The largest absolute Gasteiger partial charge is 0.299 e. The third-order valence-electron chi connectivity index (χ3n) is 5.86. The minimum absolute atomic E-state index is 0.150. The quantitative estimate of drug-likeness (QED) is 0.516. The molecule has 154 valence electrons. The van der Waals surface area contributed by atoms with Gasteiger partial charge in [-0.25, -0.2) is 4.39 Å². The molecule has 0 N–H and O–H groups in total. The van der Waals surface area contributed by atoms with Gasteiger partial charge in [-0.15, -0.1) is 0 Å². The van der Waals surface area contributed by atoms with Crippen LogP contribution in [0, 0.1) is 17.7 Å². The molecule has 0 atom stereocenters. The fourth-order valence-corrected chi connectivity index (χ4v) is 3.95. The molecule has 2 aromatic rings. The van der Waals surface area contributed by atoms with Gasteiger partial charge in [0, 0.05) is 6.54 Å². The van der Waals surface area contributed by atoms with Crippen molar-refractivity contribution in [2.75, 3.05) is 13.1 Å². The zero-order chi connectivity index (χ0) is 20.7. The van der Waals surface area contributed by atoms with Crippen LogP contribution in [0.5, 0.6) is 0 Å². The van der Waals surface area contributed by atoms with E-state index in [1.165, 1.54) is 31.5 Å². The average Bonchev–Trinajstić information content (AvgIpc) is 2.70. The van der Waals surface area contributed by atoms with Gasteiger partial charge in [0.25, 0.3) is 0 Å². The lowest BCUT2D eigenvalue weighted by molar-refractivity contribution is 0.152. The van der Waals surface area contributed by atoms with E-state index >= 15 is 0 Å². The van der Waals surface area contributed by atoms with Gasteiger partial charge in [0.05, 0.1) is 0 Å². The molecule has 1 aliphatic heterocycles. The van der Waals surface area contributed by atoms with Gasteiger partial charge in [0.15, 0.2) is 0 Å². The van der Waals surface area contributed by atoms with Crippen molar-refractivity contribution in [2.24, 2.45) is 11.8 Å². The van der Waals surface area contributed by atoms with Gasteiger partial charge in [0.1, 0.15) is 5.82 Å². The van der Waals surface area contributed by atoms with Crippen LogP contribution in [0.25, 0.3) is 11.1 Å². The second-order valence-electron chi connectivity index (χ2n) is 8.48. The Bertz CT molecular complexity index is 710. The molecule has 2 heteroatoms. The molecule has 0 aliphatic carbocycles. The molecule has 0 spiro atoms. The lowest BCUT2D eigenvalue weighted by Crippen LogP contribution is -2.34. The lowest BCUT2D eigenvalue weighted by atomic mass is 9.86. The predicted molar refractivity (Wildman–Crippen MR) is 120 cm³/mol. The van der Waals surface area contributed by atoms with Crippen LogP contribution in [0.4, 0.5) is 4.39 Å². The lowest BCUT2D eigenvalue weighted by Gasteiger charge is -2.33. The van der Waals surface area contributed by atoms with Crippen LogP contribution in [0.1, 0.15) is 71.4 Å². The summed E-state index contributed by atoms with van der Waals surface area (Å²) in [6.07, 6.45) is 2.63. The molecule has 0 unspecified atom stereocenters. The zero-order valence-corrected chi connectivity index (χ0v) is 18.6. The first-order chi connectivity index (χ1) is 13.4. The molecule has 1 heterocycles. The Balaban J connectivity index is 0.00000136. The molecule has 0 radical (unpaired) electrons. The molecule has 1 fully saturated rings. The number of halogens is 1. The van der Waals surface area contributed by atoms with Crippen molar-refractivity contribution in [3.8, 4) is 11.1 Å². The number of piperidine rings is 1. The molecular formula is C26H38FN. The van der Waals surface area contributed by atoms with Gasteiger partial charge in [-0.1, -0.05) is 71.9 Å². The Kier molecular flexibility index (Phi) is 8.69. The molecule has 1 nitrogen and oxygen atoms in total. The highest BCUT2D eigenvalue weighted by molar-refractivity contribution is 5.64. The Labute approximate surface area is 172 Å². The van der Waals surface area contributed by atoms with Crippen molar-refractivity contribution in [1.29, 1.82) is 0 Å². The zero-order valence-electron chi connectivity index (χ0n) is 18.6. The van der Waals surface area contributed by atoms with Crippen molar-refractivity contribution < 1.29 is 4.39 Å². The minimum Gasteiger partial charge on any atom is -0.299 e. The minimum atomic E-state index is -0.150. The van der Waals surface area contributed by atoms with Crippen LogP contribution in [0.3, 0.4) is 0 Å². The summed E-state index contributed by atoms with van der Waals surface area (Å²) in [6.45, 7) is 16.3. The standard InChI is InChI=1S/C24H32FN.C2H6/c1-17(2)20-9-11-26(12-10-20)16-19-5-7-21(8-6-19)23-13-22(18(3)4)14-24(25)15-23;1-2/h5-8,13-15,17-18,20H,9-12,16H2,1-4H3;1-2H3. The van der Waals surface area contributed by atoms with Crippen LogP contribution in [0.15, 0.2) is 42.5 Å². The first kappa shape index (κ1) is 22.6. The van der Waals surface area contributed by atoms with Crippen molar-refractivity contribution in [3.05, 3.63) is 59.4 Å². The van der Waals surface area contributed by atoms with Crippen LogP contribution >= 0.6 is 0 Å².